The fraction of sp³-hybridized carbons (Fsp3) is 0.286. The van der Waals surface area contributed by atoms with Crippen molar-refractivity contribution in [1.82, 2.24) is 19.1 Å². The van der Waals surface area contributed by atoms with Crippen LogP contribution in [0, 0.1) is 35.8 Å². The first-order valence-electron chi connectivity index (χ1n) is 23.4. The number of nitrogens with two attached hydrogens (primary N) is 1. The number of terminal acetylenes is 1. The molecule has 378 valence electrons. The number of halogens is 4. The lowest BCUT2D eigenvalue weighted by Gasteiger charge is -2.14. The summed E-state index contributed by atoms with van der Waals surface area (Å²) < 4.78 is 46.8. The van der Waals surface area contributed by atoms with Crippen molar-refractivity contribution in [2.75, 3.05) is 25.6 Å². The standard InChI is InChI=1S/C21H17FN2O2.C13H13BrN2O2.C8H5F.C7H6BrNO2.C7H12O2/c1-24-20(19-6-3-11-26-19)23-18-13-15(9-10-17(18)21(24)25)8-7-14-4-2-5-16(22)12-14;1-16-12(11-3-2-6-18-11)15-10-7-8(14)4-5-9(10)13(16)17;1-2-7-4-3-5-8(9)6-7;8-4-1-2-5(7(10)11)6(9)3-4;1-2-6(8)7-4-3-5-9-7/h2,4-5,9-10,12-13,19H,3,6,11H2,1H3;4-5,7,11H,2-3,6H2,1H3;1,3-6H;1-3H,9H2,(H,10,11);7H,2-5H2,1H3. The monoisotopic (exact) mass is 1120 g/mol. The molecular formula is C56H53Br2F2N5O8. The molecule has 2 aromatic heterocycles. The van der Waals surface area contributed by atoms with E-state index in [-0.39, 0.29) is 58.1 Å². The Kier molecular flexibility index (Phi) is 20.3. The van der Waals surface area contributed by atoms with Crippen LogP contribution in [-0.4, -0.2) is 61.9 Å². The number of ether oxygens (including phenoxy) is 3. The van der Waals surface area contributed by atoms with Gasteiger partial charge in [-0.2, -0.15) is 0 Å². The Labute approximate surface area is 438 Å². The molecule has 3 N–H and O–H groups in total. The summed E-state index contributed by atoms with van der Waals surface area (Å²) in [5.41, 5.74) is 8.93. The Morgan fingerprint density at radius 1 is 0.699 bits per heavy atom. The van der Waals surface area contributed by atoms with Crippen LogP contribution in [0.3, 0.4) is 0 Å². The number of carboxylic acid groups (broad SMARTS) is 1. The molecule has 5 heterocycles. The highest BCUT2D eigenvalue weighted by Crippen LogP contribution is 2.29. The second-order valence-electron chi connectivity index (χ2n) is 16.8. The summed E-state index contributed by atoms with van der Waals surface area (Å²) >= 11 is 6.58. The van der Waals surface area contributed by atoms with Crippen LogP contribution in [0.25, 0.3) is 21.8 Å². The number of carbonyl (C=O) groups excluding carboxylic acids is 1. The van der Waals surface area contributed by atoms with E-state index in [9.17, 15) is 28.0 Å². The van der Waals surface area contributed by atoms with Gasteiger partial charge in [0.1, 0.15) is 41.6 Å². The number of nitrogens with zero attached hydrogens (tertiary/aromatic N) is 4. The number of carbonyl (C=O) groups is 2. The first-order valence-corrected chi connectivity index (χ1v) is 25.0. The highest BCUT2D eigenvalue weighted by molar-refractivity contribution is 9.10. The largest absolute Gasteiger partial charge is 0.478 e. The number of hydrogen-bond donors (Lipinski definition) is 2. The number of aromatic nitrogens is 4. The zero-order chi connectivity index (χ0) is 52.6. The van der Waals surface area contributed by atoms with Gasteiger partial charge in [-0.15, -0.1) is 6.42 Å². The van der Waals surface area contributed by atoms with Crippen molar-refractivity contribution in [1.29, 1.82) is 0 Å². The quantitative estimate of drug-likeness (QED) is 0.124. The Bertz CT molecular complexity index is 3330. The second kappa shape index (κ2) is 26.7. The van der Waals surface area contributed by atoms with Crippen molar-refractivity contribution in [3.8, 4) is 24.2 Å². The third-order valence-electron chi connectivity index (χ3n) is 11.7. The molecule has 3 aliphatic rings. The molecule has 10 rings (SSSR count). The molecule has 3 saturated heterocycles. The number of nitrogen functional groups attached to an aromatic ring is 1. The van der Waals surface area contributed by atoms with Gasteiger partial charge in [-0.3, -0.25) is 23.5 Å². The number of fused-ring (bicyclic) bond motifs is 2. The molecule has 5 aromatic carbocycles. The predicted octanol–water partition coefficient (Wildman–Crippen LogP) is 10.6. The summed E-state index contributed by atoms with van der Waals surface area (Å²) in [4.78, 5) is 55.5. The van der Waals surface area contributed by atoms with Crippen molar-refractivity contribution >= 4 is 71.1 Å². The number of carboxylic acids is 1. The predicted molar refractivity (Wildman–Crippen MR) is 284 cm³/mol. The summed E-state index contributed by atoms with van der Waals surface area (Å²) in [6, 6.07) is 27.6. The SMILES string of the molecule is C#Cc1cccc(F)c1.CCC(=O)C1CCCO1.Cn1c(C2CCCO2)nc2cc(Br)ccc2c1=O.Cn1c(C2CCCO2)nc2cc(C#Cc3cccc(F)c3)ccc2c1=O.Nc1cc(Br)ccc1C(=O)O. The van der Waals surface area contributed by atoms with Crippen molar-refractivity contribution in [2.24, 2.45) is 14.1 Å². The van der Waals surface area contributed by atoms with Gasteiger partial charge in [0.25, 0.3) is 11.1 Å². The number of aromatic carboxylic acids is 1. The summed E-state index contributed by atoms with van der Waals surface area (Å²) in [5.74, 6) is 8.29. The lowest BCUT2D eigenvalue weighted by molar-refractivity contribution is -0.127. The molecule has 3 fully saturated rings. The summed E-state index contributed by atoms with van der Waals surface area (Å²) in [6.45, 7) is 4.09. The molecule has 3 unspecified atom stereocenters. The van der Waals surface area contributed by atoms with E-state index in [1.54, 1.807) is 83.9 Å². The number of benzene rings is 5. The van der Waals surface area contributed by atoms with Gasteiger partial charge in [0.15, 0.2) is 5.78 Å². The first-order chi connectivity index (χ1) is 35.1. The van der Waals surface area contributed by atoms with Crippen LogP contribution >= 0.6 is 31.9 Å². The molecule has 17 heteroatoms. The number of Topliss-reactive ketones (excluding diaryl/α,β-unsaturated/α-hetero) is 1. The Morgan fingerprint density at radius 3 is 1.67 bits per heavy atom. The number of hydrogen-bond acceptors (Lipinski definition) is 10. The highest BCUT2D eigenvalue weighted by Gasteiger charge is 2.25. The summed E-state index contributed by atoms with van der Waals surface area (Å²) in [5, 5.41) is 9.75. The van der Waals surface area contributed by atoms with Gasteiger partial charge in [0, 0.05) is 71.7 Å². The zero-order valence-electron chi connectivity index (χ0n) is 40.4. The summed E-state index contributed by atoms with van der Waals surface area (Å²) in [7, 11) is 3.48. The van der Waals surface area contributed by atoms with Gasteiger partial charge in [0.05, 0.1) is 27.4 Å². The minimum absolute atomic E-state index is 0.0157. The maximum absolute atomic E-state index is 13.2. The lowest BCUT2D eigenvalue weighted by Crippen LogP contribution is -2.24. The van der Waals surface area contributed by atoms with Crippen LogP contribution in [0.5, 0.6) is 0 Å². The second-order valence-corrected chi connectivity index (χ2v) is 18.7. The zero-order valence-corrected chi connectivity index (χ0v) is 43.6. The van der Waals surface area contributed by atoms with Gasteiger partial charge in [-0.05, 0) is 130 Å². The van der Waals surface area contributed by atoms with E-state index >= 15 is 0 Å². The van der Waals surface area contributed by atoms with E-state index < -0.39 is 5.97 Å². The third kappa shape index (κ3) is 15.3. The molecule has 3 atom stereocenters. The highest BCUT2D eigenvalue weighted by atomic mass is 79.9. The topological polar surface area (TPSA) is 178 Å². The molecule has 0 radical (unpaired) electrons. The van der Waals surface area contributed by atoms with Crippen molar-refractivity contribution in [3.63, 3.8) is 0 Å². The number of rotatable bonds is 5. The Balaban J connectivity index is 0.000000160. The molecule has 73 heavy (non-hydrogen) atoms. The maximum atomic E-state index is 13.2. The van der Waals surface area contributed by atoms with Gasteiger partial charge in [-0.1, -0.05) is 68.7 Å². The van der Waals surface area contributed by atoms with Crippen LogP contribution in [0.4, 0.5) is 14.5 Å². The minimum Gasteiger partial charge on any atom is -0.478 e. The Hall–Kier alpha value is -6.86. The van der Waals surface area contributed by atoms with Gasteiger partial charge in [0.2, 0.25) is 0 Å². The molecule has 0 spiro atoms. The molecule has 7 aromatic rings. The lowest BCUT2D eigenvalue weighted by atomic mass is 10.1. The number of ketones is 1. The van der Waals surface area contributed by atoms with E-state index in [4.69, 9.17) is 31.5 Å². The van der Waals surface area contributed by atoms with Crippen LogP contribution < -0.4 is 16.9 Å². The van der Waals surface area contributed by atoms with Crippen LogP contribution in [0.15, 0.2) is 122 Å². The fourth-order valence-electron chi connectivity index (χ4n) is 7.84. The van der Waals surface area contributed by atoms with Gasteiger partial charge >= 0.3 is 5.97 Å². The van der Waals surface area contributed by atoms with E-state index in [0.29, 0.717) is 46.3 Å². The van der Waals surface area contributed by atoms with Crippen molar-refractivity contribution in [3.05, 3.63) is 178 Å². The molecule has 13 nitrogen and oxygen atoms in total. The Morgan fingerprint density at radius 2 is 1.19 bits per heavy atom. The molecule has 0 bridgehead atoms. The average molecular weight is 1120 g/mol. The molecule has 0 aliphatic carbocycles. The van der Waals surface area contributed by atoms with E-state index in [0.717, 1.165) is 77.6 Å². The van der Waals surface area contributed by atoms with E-state index in [2.05, 4.69) is 59.6 Å². The van der Waals surface area contributed by atoms with Crippen molar-refractivity contribution in [2.45, 2.75) is 70.2 Å². The summed E-state index contributed by atoms with van der Waals surface area (Å²) in [6.07, 6.45) is 11.1. The average Bonchev–Trinajstić information content (AvgIpc) is 4.23. The maximum Gasteiger partial charge on any atom is 0.337 e. The van der Waals surface area contributed by atoms with E-state index in [1.807, 2.05) is 19.1 Å². The van der Waals surface area contributed by atoms with Gasteiger partial charge in [-0.25, -0.2) is 23.5 Å². The molecular weight excluding hydrogens is 1070 g/mol. The van der Waals surface area contributed by atoms with Crippen LogP contribution in [-0.2, 0) is 33.1 Å². The third-order valence-corrected chi connectivity index (χ3v) is 12.7. The van der Waals surface area contributed by atoms with Gasteiger partial charge < -0.3 is 25.1 Å². The normalized spacial score (nSPS) is 16.4. The van der Waals surface area contributed by atoms with E-state index in [1.165, 1.54) is 30.3 Å². The smallest absolute Gasteiger partial charge is 0.337 e. The molecule has 3 aliphatic heterocycles. The molecule has 0 amide bonds. The van der Waals surface area contributed by atoms with Crippen LogP contribution in [0.2, 0.25) is 0 Å². The first kappa shape index (κ1) is 55.5. The van der Waals surface area contributed by atoms with Crippen molar-refractivity contribution < 1.29 is 37.7 Å². The minimum atomic E-state index is -1.00. The van der Waals surface area contributed by atoms with Crippen LogP contribution in [0.1, 0.15) is 103 Å². The fourth-order valence-corrected chi connectivity index (χ4v) is 8.57. The molecule has 0 saturated carbocycles. The number of anilines is 1.